The second-order valence-electron chi connectivity index (χ2n) is 8.39. The van der Waals surface area contributed by atoms with E-state index in [1.165, 1.54) is 6.92 Å². The van der Waals surface area contributed by atoms with Crippen LogP contribution in [-0.2, 0) is 23.9 Å². The number of esters is 2. The molecule has 1 unspecified atom stereocenters. The fourth-order valence-electron chi connectivity index (χ4n) is 4.10. The van der Waals surface area contributed by atoms with Gasteiger partial charge in [-0.2, -0.15) is 0 Å². The molecule has 1 heterocycles. The summed E-state index contributed by atoms with van der Waals surface area (Å²) in [6, 6.07) is 0. The van der Waals surface area contributed by atoms with Gasteiger partial charge in [-0.05, 0) is 37.7 Å². The van der Waals surface area contributed by atoms with E-state index in [4.69, 9.17) is 9.47 Å². The normalized spacial score (nSPS) is 32.2. The fourth-order valence-corrected chi connectivity index (χ4v) is 4.10. The lowest BCUT2D eigenvalue weighted by Gasteiger charge is -2.33. The van der Waals surface area contributed by atoms with Crippen LogP contribution in [0, 0.1) is 17.8 Å². The standard InChI is InChI=1S/C22H32O5/c1-13(2)21-19(26-16(5)23)10-15(4)8-6-7-14(3)9-18(24)11-17-12-20(21)27-22(17)25/h8,12-14,19-21H,6-7,9-11H2,1-5H3/b15-8+/t14?,19-,20-,21-/m1/s1. The number of fused-ring (bicyclic) bond motifs is 1. The van der Waals surface area contributed by atoms with Crippen molar-refractivity contribution in [3.63, 3.8) is 0 Å². The van der Waals surface area contributed by atoms with Crippen molar-refractivity contribution in [3.05, 3.63) is 23.3 Å². The number of ether oxygens (including phenoxy) is 2. The maximum Gasteiger partial charge on any atom is 0.334 e. The lowest BCUT2D eigenvalue weighted by atomic mass is 9.82. The van der Waals surface area contributed by atoms with E-state index in [0.29, 0.717) is 18.4 Å². The molecule has 0 N–H and O–H groups in total. The van der Waals surface area contributed by atoms with Gasteiger partial charge < -0.3 is 9.47 Å². The molecule has 0 aromatic rings. The van der Waals surface area contributed by atoms with Crippen LogP contribution in [0.25, 0.3) is 0 Å². The average molecular weight is 376 g/mol. The highest BCUT2D eigenvalue weighted by atomic mass is 16.6. The van der Waals surface area contributed by atoms with Crippen molar-refractivity contribution in [2.45, 2.75) is 78.9 Å². The minimum atomic E-state index is -0.474. The van der Waals surface area contributed by atoms with E-state index in [0.717, 1.165) is 18.4 Å². The Labute approximate surface area is 162 Å². The van der Waals surface area contributed by atoms with Gasteiger partial charge in [0.1, 0.15) is 18.0 Å². The summed E-state index contributed by atoms with van der Waals surface area (Å²) < 4.78 is 11.3. The second-order valence-corrected chi connectivity index (χ2v) is 8.39. The van der Waals surface area contributed by atoms with Crippen LogP contribution in [0.5, 0.6) is 0 Å². The number of Topliss-reactive ketones (excluding diaryl/α,β-unsaturated/α-hetero) is 1. The maximum atomic E-state index is 12.4. The molecule has 0 saturated heterocycles. The first-order valence-electron chi connectivity index (χ1n) is 9.93. The summed E-state index contributed by atoms with van der Waals surface area (Å²) in [6.07, 6.45) is 6.12. The predicted octanol–water partition coefficient (Wildman–Crippen LogP) is 4.16. The molecule has 2 bridgehead atoms. The van der Waals surface area contributed by atoms with E-state index in [1.807, 2.05) is 20.8 Å². The highest BCUT2D eigenvalue weighted by Crippen LogP contribution is 2.34. The molecule has 1 aliphatic carbocycles. The van der Waals surface area contributed by atoms with E-state index >= 15 is 0 Å². The molecule has 5 heteroatoms. The molecular formula is C22H32O5. The number of hydrogen-bond acceptors (Lipinski definition) is 5. The number of ketones is 1. The Morgan fingerprint density at radius 1 is 1.26 bits per heavy atom. The number of carbonyl (C=O) groups excluding carboxylic acids is 3. The second kappa shape index (κ2) is 9.34. The molecule has 0 fully saturated rings. The van der Waals surface area contributed by atoms with Crippen molar-refractivity contribution in [3.8, 4) is 0 Å². The van der Waals surface area contributed by atoms with Gasteiger partial charge in [-0.3, -0.25) is 9.59 Å². The van der Waals surface area contributed by atoms with Gasteiger partial charge in [0.15, 0.2) is 0 Å². The minimum absolute atomic E-state index is 0.0711. The summed E-state index contributed by atoms with van der Waals surface area (Å²) in [4.78, 5) is 36.4. The van der Waals surface area contributed by atoms with Crippen LogP contribution in [0.15, 0.2) is 23.3 Å². The predicted molar refractivity (Wildman–Crippen MR) is 103 cm³/mol. The molecule has 0 saturated carbocycles. The quantitative estimate of drug-likeness (QED) is 0.535. The molecule has 0 aromatic heterocycles. The Hall–Kier alpha value is -1.91. The third kappa shape index (κ3) is 6.05. The third-order valence-electron chi connectivity index (χ3n) is 5.41. The number of allylic oxidation sites excluding steroid dienone is 1. The molecule has 0 spiro atoms. The number of carbonyl (C=O) groups is 3. The van der Waals surface area contributed by atoms with E-state index in [1.54, 1.807) is 6.08 Å². The van der Waals surface area contributed by atoms with E-state index in [9.17, 15) is 14.4 Å². The molecule has 2 rings (SSSR count). The van der Waals surface area contributed by atoms with Crippen molar-refractivity contribution in [2.75, 3.05) is 0 Å². The molecule has 2 aliphatic rings. The molecule has 150 valence electrons. The Bertz CT molecular complexity index is 643. The van der Waals surface area contributed by atoms with Crippen LogP contribution in [-0.4, -0.2) is 29.9 Å². The van der Waals surface area contributed by atoms with Gasteiger partial charge in [-0.25, -0.2) is 4.79 Å². The van der Waals surface area contributed by atoms with Crippen LogP contribution < -0.4 is 0 Å². The van der Waals surface area contributed by atoms with Crippen molar-refractivity contribution in [1.29, 1.82) is 0 Å². The zero-order valence-electron chi connectivity index (χ0n) is 17.1. The Morgan fingerprint density at radius 3 is 2.59 bits per heavy atom. The maximum absolute atomic E-state index is 12.4. The average Bonchev–Trinajstić information content (AvgIpc) is 2.85. The minimum Gasteiger partial charge on any atom is -0.462 e. The van der Waals surface area contributed by atoms with Crippen LogP contribution in [0.1, 0.15) is 66.7 Å². The van der Waals surface area contributed by atoms with Gasteiger partial charge in [-0.15, -0.1) is 0 Å². The van der Waals surface area contributed by atoms with Crippen LogP contribution in [0.4, 0.5) is 0 Å². The van der Waals surface area contributed by atoms with E-state index in [-0.39, 0.29) is 42.0 Å². The van der Waals surface area contributed by atoms with Gasteiger partial charge >= 0.3 is 11.9 Å². The topological polar surface area (TPSA) is 69.7 Å². The molecule has 0 radical (unpaired) electrons. The molecule has 0 aromatic carbocycles. The van der Waals surface area contributed by atoms with Gasteiger partial charge in [0, 0.05) is 37.7 Å². The fraction of sp³-hybridized carbons (Fsp3) is 0.682. The smallest absolute Gasteiger partial charge is 0.334 e. The molecule has 27 heavy (non-hydrogen) atoms. The first kappa shape index (κ1) is 21.4. The molecule has 4 atom stereocenters. The highest BCUT2D eigenvalue weighted by Gasteiger charge is 2.40. The summed E-state index contributed by atoms with van der Waals surface area (Å²) in [5.41, 5.74) is 1.59. The monoisotopic (exact) mass is 376 g/mol. The van der Waals surface area contributed by atoms with Gasteiger partial charge in [0.2, 0.25) is 0 Å². The lowest BCUT2D eigenvalue weighted by Crippen LogP contribution is -2.38. The summed E-state index contributed by atoms with van der Waals surface area (Å²) in [7, 11) is 0. The van der Waals surface area contributed by atoms with Crippen LogP contribution >= 0.6 is 0 Å². The lowest BCUT2D eigenvalue weighted by molar-refractivity contribution is -0.156. The number of hydrogen-bond donors (Lipinski definition) is 0. The number of rotatable bonds is 2. The summed E-state index contributed by atoms with van der Waals surface area (Å²) >= 11 is 0. The SMILES string of the molecule is CC(=O)O[C@@H]1C/C(C)=C/CCC(C)CC(=O)CC2=C[C@@H](OC2=O)[C@@H]1C(C)C. The van der Waals surface area contributed by atoms with Crippen LogP contribution in [0.2, 0.25) is 0 Å². The van der Waals surface area contributed by atoms with Crippen molar-refractivity contribution in [2.24, 2.45) is 17.8 Å². The summed E-state index contributed by atoms with van der Waals surface area (Å²) in [5.74, 6) is -0.435. The zero-order valence-corrected chi connectivity index (χ0v) is 17.1. The Balaban J connectivity index is 2.38. The molecular weight excluding hydrogens is 344 g/mol. The van der Waals surface area contributed by atoms with Gasteiger partial charge in [0.25, 0.3) is 0 Å². The van der Waals surface area contributed by atoms with Crippen molar-refractivity contribution < 1.29 is 23.9 Å². The summed E-state index contributed by atoms with van der Waals surface area (Å²) in [5, 5.41) is 0. The van der Waals surface area contributed by atoms with Gasteiger partial charge in [-0.1, -0.05) is 32.4 Å². The van der Waals surface area contributed by atoms with E-state index in [2.05, 4.69) is 13.0 Å². The largest absolute Gasteiger partial charge is 0.462 e. The van der Waals surface area contributed by atoms with Crippen molar-refractivity contribution in [1.82, 2.24) is 0 Å². The van der Waals surface area contributed by atoms with Gasteiger partial charge in [0.05, 0.1) is 0 Å². The molecule has 1 aliphatic heterocycles. The zero-order chi connectivity index (χ0) is 20.1. The van der Waals surface area contributed by atoms with Crippen LogP contribution in [0.3, 0.4) is 0 Å². The van der Waals surface area contributed by atoms with Crippen molar-refractivity contribution >= 4 is 17.7 Å². The first-order valence-corrected chi connectivity index (χ1v) is 9.93. The molecule has 0 amide bonds. The first-order chi connectivity index (χ1) is 12.7. The Morgan fingerprint density at radius 2 is 1.96 bits per heavy atom. The third-order valence-corrected chi connectivity index (χ3v) is 5.41. The molecule has 5 nitrogen and oxygen atoms in total. The van der Waals surface area contributed by atoms with E-state index < -0.39 is 12.1 Å². The summed E-state index contributed by atoms with van der Waals surface area (Å²) in [6.45, 7) is 9.58. The Kier molecular flexibility index (Phi) is 7.40. The highest BCUT2D eigenvalue weighted by molar-refractivity contribution is 5.97.